The van der Waals surface area contributed by atoms with Gasteiger partial charge >= 0.3 is 0 Å². The molecule has 0 unspecified atom stereocenters. The molecule has 2 aromatic heterocycles. The largest absolute Gasteiger partial charge is 0.303 e. The third-order valence-electron chi connectivity index (χ3n) is 4.80. The van der Waals surface area contributed by atoms with Crippen molar-refractivity contribution in [1.82, 2.24) is 18.6 Å². The van der Waals surface area contributed by atoms with E-state index >= 15 is 0 Å². The van der Waals surface area contributed by atoms with Gasteiger partial charge in [-0.25, -0.2) is 13.4 Å². The normalized spacial score (nSPS) is 17.0. The molecular formula is C20H22N4O2S. The number of imidazole rings is 1. The van der Waals surface area contributed by atoms with Crippen molar-refractivity contribution >= 4 is 21.7 Å². The predicted octanol–water partition coefficient (Wildman–Crippen LogP) is 2.45. The number of pyridine rings is 1. The molecule has 3 heterocycles. The summed E-state index contributed by atoms with van der Waals surface area (Å²) in [6, 6.07) is 15.4. The van der Waals surface area contributed by atoms with Gasteiger partial charge in [-0.1, -0.05) is 36.4 Å². The molecule has 0 spiro atoms. The predicted molar refractivity (Wildman–Crippen MR) is 106 cm³/mol. The average Bonchev–Trinajstić information content (AvgIpc) is 3.11. The fraction of sp³-hybridized carbons (Fsp3) is 0.250. The number of hydrogen-bond donors (Lipinski definition) is 0. The van der Waals surface area contributed by atoms with Crippen LogP contribution in [0.2, 0.25) is 0 Å². The van der Waals surface area contributed by atoms with Crippen LogP contribution in [0.5, 0.6) is 0 Å². The number of hydrogen-bond acceptors (Lipinski definition) is 4. The van der Waals surface area contributed by atoms with Crippen LogP contribution in [0.3, 0.4) is 0 Å². The summed E-state index contributed by atoms with van der Waals surface area (Å²) < 4.78 is 28.8. The smallest absolute Gasteiger partial charge is 0.236 e. The molecule has 7 heteroatoms. The van der Waals surface area contributed by atoms with Crippen LogP contribution in [-0.4, -0.2) is 53.2 Å². The molecular weight excluding hydrogens is 360 g/mol. The quantitative estimate of drug-likeness (QED) is 0.680. The zero-order valence-corrected chi connectivity index (χ0v) is 15.8. The second-order valence-corrected chi connectivity index (χ2v) is 8.43. The number of fused-ring (bicyclic) bond motifs is 1. The van der Waals surface area contributed by atoms with E-state index in [0.717, 1.165) is 23.4 Å². The van der Waals surface area contributed by atoms with Gasteiger partial charge in [0.25, 0.3) is 0 Å². The maximum atomic E-state index is 12.6. The van der Waals surface area contributed by atoms with E-state index < -0.39 is 10.0 Å². The highest BCUT2D eigenvalue weighted by Crippen LogP contribution is 2.14. The summed E-state index contributed by atoms with van der Waals surface area (Å²) in [6.07, 6.45) is 5.55. The zero-order chi connectivity index (χ0) is 18.7. The third kappa shape index (κ3) is 4.10. The second-order valence-electron chi connectivity index (χ2n) is 6.61. The molecule has 0 aliphatic carbocycles. The van der Waals surface area contributed by atoms with Crippen LogP contribution in [0.25, 0.3) is 11.7 Å². The summed E-state index contributed by atoms with van der Waals surface area (Å²) in [5, 5.41) is 1.31. The lowest BCUT2D eigenvalue weighted by Gasteiger charge is -2.33. The van der Waals surface area contributed by atoms with Gasteiger partial charge in [0.2, 0.25) is 10.0 Å². The molecule has 1 saturated heterocycles. The molecule has 3 aromatic rings. The van der Waals surface area contributed by atoms with E-state index in [1.54, 1.807) is 10.4 Å². The lowest BCUT2D eigenvalue weighted by Crippen LogP contribution is -2.47. The molecule has 0 N–H and O–H groups in total. The Morgan fingerprint density at radius 2 is 1.70 bits per heavy atom. The number of aromatic nitrogens is 2. The Labute approximate surface area is 159 Å². The number of piperazine rings is 1. The number of rotatable bonds is 5. The number of benzene rings is 1. The van der Waals surface area contributed by atoms with Gasteiger partial charge in [-0.05, 0) is 23.8 Å². The van der Waals surface area contributed by atoms with Gasteiger partial charge in [-0.2, -0.15) is 4.31 Å². The summed E-state index contributed by atoms with van der Waals surface area (Å²) in [4.78, 5) is 6.68. The second kappa shape index (κ2) is 7.64. The zero-order valence-electron chi connectivity index (χ0n) is 15.0. The molecule has 140 valence electrons. The molecule has 27 heavy (non-hydrogen) atoms. The number of sulfonamides is 1. The van der Waals surface area contributed by atoms with E-state index in [-0.39, 0.29) is 0 Å². The minimum absolute atomic E-state index is 0.498. The maximum absolute atomic E-state index is 12.6. The monoisotopic (exact) mass is 382 g/mol. The molecule has 0 radical (unpaired) electrons. The minimum Gasteiger partial charge on any atom is -0.303 e. The first-order valence-electron chi connectivity index (χ1n) is 8.98. The van der Waals surface area contributed by atoms with Crippen LogP contribution < -0.4 is 0 Å². The first-order valence-corrected chi connectivity index (χ1v) is 10.5. The molecule has 1 aromatic carbocycles. The van der Waals surface area contributed by atoms with Crippen LogP contribution in [0, 0.1) is 0 Å². The van der Waals surface area contributed by atoms with Crippen molar-refractivity contribution < 1.29 is 8.42 Å². The van der Waals surface area contributed by atoms with Crippen LogP contribution >= 0.6 is 0 Å². The van der Waals surface area contributed by atoms with E-state index in [1.165, 1.54) is 5.41 Å². The van der Waals surface area contributed by atoms with Crippen LogP contribution in [0.4, 0.5) is 0 Å². The highest BCUT2D eigenvalue weighted by atomic mass is 32.2. The van der Waals surface area contributed by atoms with E-state index in [0.29, 0.717) is 26.2 Å². The van der Waals surface area contributed by atoms with Gasteiger partial charge in [0.1, 0.15) is 5.65 Å². The molecule has 0 bridgehead atoms. The standard InChI is InChI=1S/C20H22N4O2S/c25-27(26,15-9-18-6-2-1-3-7-18)23-13-11-22(12-14-23)17-19-16-21-20-8-4-5-10-24(19)20/h1-10,15-16H,11-14,17H2/b15-9+. The van der Waals surface area contributed by atoms with Crippen molar-refractivity contribution in [3.63, 3.8) is 0 Å². The van der Waals surface area contributed by atoms with Gasteiger partial charge < -0.3 is 4.40 Å². The molecule has 0 amide bonds. The van der Waals surface area contributed by atoms with Crippen molar-refractivity contribution in [2.45, 2.75) is 6.54 Å². The van der Waals surface area contributed by atoms with Gasteiger partial charge in [0.05, 0.1) is 11.9 Å². The SMILES string of the molecule is O=S(=O)(/C=C/c1ccccc1)N1CCN(Cc2cnc3ccccn23)CC1. The lowest BCUT2D eigenvalue weighted by molar-refractivity contribution is 0.180. The Bertz CT molecular complexity index is 1040. The molecule has 0 atom stereocenters. The Morgan fingerprint density at radius 1 is 0.963 bits per heavy atom. The fourth-order valence-corrected chi connectivity index (χ4v) is 4.46. The first kappa shape index (κ1) is 17.9. The fourth-order valence-electron chi connectivity index (χ4n) is 3.29. The van der Waals surface area contributed by atoms with E-state index in [2.05, 4.69) is 14.3 Å². The Kier molecular flexibility index (Phi) is 5.07. The average molecular weight is 382 g/mol. The molecule has 6 nitrogen and oxygen atoms in total. The van der Waals surface area contributed by atoms with Crippen molar-refractivity contribution in [3.05, 3.63) is 77.6 Å². The molecule has 1 aliphatic rings. The summed E-state index contributed by atoms with van der Waals surface area (Å²) in [5.41, 5.74) is 2.93. The van der Waals surface area contributed by atoms with Crippen molar-refractivity contribution in [1.29, 1.82) is 0 Å². The topological polar surface area (TPSA) is 57.9 Å². The van der Waals surface area contributed by atoms with Gasteiger partial charge in [-0.15, -0.1) is 0 Å². The minimum atomic E-state index is -3.39. The maximum Gasteiger partial charge on any atom is 0.236 e. The number of nitrogens with zero attached hydrogens (tertiary/aromatic N) is 4. The van der Waals surface area contributed by atoms with Crippen molar-refractivity contribution in [3.8, 4) is 0 Å². The summed E-state index contributed by atoms with van der Waals surface area (Å²) >= 11 is 0. The third-order valence-corrected chi connectivity index (χ3v) is 6.37. The lowest BCUT2D eigenvalue weighted by atomic mass is 10.2. The Hall–Kier alpha value is -2.48. The molecule has 1 aliphatic heterocycles. The first-order chi connectivity index (χ1) is 13.1. The van der Waals surface area contributed by atoms with Gasteiger partial charge in [0, 0.05) is 44.3 Å². The van der Waals surface area contributed by atoms with Crippen LogP contribution in [0.1, 0.15) is 11.3 Å². The van der Waals surface area contributed by atoms with E-state index in [4.69, 9.17) is 0 Å². The summed E-state index contributed by atoms with van der Waals surface area (Å²) in [5.74, 6) is 0. The highest BCUT2D eigenvalue weighted by molar-refractivity contribution is 7.92. The molecule has 1 fully saturated rings. The summed E-state index contributed by atoms with van der Waals surface area (Å²) in [7, 11) is -3.39. The van der Waals surface area contributed by atoms with Crippen LogP contribution in [-0.2, 0) is 16.6 Å². The van der Waals surface area contributed by atoms with E-state index in [9.17, 15) is 8.42 Å². The van der Waals surface area contributed by atoms with E-state index in [1.807, 2.05) is 60.9 Å². The van der Waals surface area contributed by atoms with Crippen molar-refractivity contribution in [2.24, 2.45) is 0 Å². The highest BCUT2D eigenvalue weighted by Gasteiger charge is 2.25. The Balaban J connectivity index is 1.37. The molecule has 4 rings (SSSR count). The van der Waals surface area contributed by atoms with Gasteiger partial charge in [-0.3, -0.25) is 4.90 Å². The molecule has 0 saturated carbocycles. The van der Waals surface area contributed by atoms with Crippen LogP contribution in [0.15, 0.2) is 66.3 Å². The summed E-state index contributed by atoms with van der Waals surface area (Å²) in [6.45, 7) is 3.17. The Morgan fingerprint density at radius 3 is 2.48 bits per heavy atom. The van der Waals surface area contributed by atoms with Gasteiger partial charge in [0.15, 0.2) is 0 Å². The van der Waals surface area contributed by atoms with Crippen molar-refractivity contribution in [2.75, 3.05) is 26.2 Å².